The Morgan fingerprint density at radius 2 is 0.536 bits per heavy atom. The Balaban J connectivity index is 3.69. The van der Waals surface area contributed by atoms with E-state index in [1.165, 1.54) is 417 Å². The molecule has 0 saturated heterocycles. The third kappa shape index (κ3) is 83.3. The van der Waals surface area contributed by atoms with Gasteiger partial charge in [0.25, 0.3) is 0 Å². The predicted molar refractivity (Wildman–Crippen MR) is 423 cm³/mol. The summed E-state index contributed by atoms with van der Waals surface area (Å²) in [5.74, 6) is -0.795. The highest BCUT2D eigenvalue weighted by Gasteiger charge is 2.26. The molecule has 0 aliphatic carbocycles. The molecular formula is C87H170NO8P. The lowest BCUT2D eigenvalue weighted by atomic mass is 10.0. The van der Waals surface area contributed by atoms with Crippen molar-refractivity contribution in [2.45, 2.75) is 495 Å². The van der Waals surface area contributed by atoms with Gasteiger partial charge in [-0.15, -0.1) is 0 Å². The van der Waals surface area contributed by atoms with Crippen LogP contribution in [0.15, 0.2) is 24.3 Å². The molecular weight excluding hydrogens is 1220 g/mol. The number of carbonyl (C=O) groups is 2. The van der Waals surface area contributed by atoms with E-state index in [1.54, 1.807) is 0 Å². The van der Waals surface area contributed by atoms with Gasteiger partial charge >= 0.3 is 19.8 Å². The van der Waals surface area contributed by atoms with Crippen molar-refractivity contribution in [1.29, 1.82) is 0 Å². The zero-order valence-corrected chi connectivity index (χ0v) is 66.3. The van der Waals surface area contributed by atoms with Crippen LogP contribution in [0.3, 0.4) is 0 Å². The minimum Gasteiger partial charge on any atom is -0.462 e. The molecule has 0 spiro atoms. The lowest BCUT2D eigenvalue weighted by Crippen LogP contribution is -2.29. The summed E-state index contributed by atoms with van der Waals surface area (Å²) in [6.07, 6.45) is 107. The lowest BCUT2D eigenvalue weighted by molar-refractivity contribution is -0.161. The van der Waals surface area contributed by atoms with Gasteiger partial charge in [0.2, 0.25) is 0 Å². The monoisotopic (exact) mass is 1390 g/mol. The van der Waals surface area contributed by atoms with Gasteiger partial charge < -0.3 is 20.1 Å². The van der Waals surface area contributed by atoms with E-state index >= 15 is 0 Å². The summed E-state index contributed by atoms with van der Waals surface area (Å²) in [4.78, 5) is 35.5. The Kier molecular flexibility index (Phi) is 82.1. The second kappa shape index (κ2) is 83.4. The second-order valence-electron chi connectivity index (χ2n) is 30.1. The molecule has 97 heavy (non-hydrogen) atoms. The Morgan fingerprint density at radius 3 is 0.784 bits per heavy atom. The molecule has 0 bridgehead atoms. The normalized spacial score (nSPS) is 12.8. The average molecular weight is 1390 g/mol. The fourth-order valence-corrected chi connectivity index (χ4v) is 14.6. The highest BCUT2D eigenvalue weighted by atomic mass is 31.2. The van der Waals surface area contributed by atoms with E-state index < -0.39 is 26.5 Å². The zero-order chi connectivity index (χ0) is 70.0. The van der Waals surface area contributed by atoms with E-state index in [0.717, 1.165) is 38.5 Å². The second-order valence-corrected chi connectivity index (χ2v) is 31.6. The molecule has 10 heteroatoms. The van der Waals surface area contributed by atoms with E-state index in [9.17, 15) is 19.0 Å². The molecule has 0 radical (unpaired) electrons. The first-order valence-corrected chi connectivity index (χ1v) is 45.3. The molecule has 3 N–H and O–H groups in total. The van der Waals surface area contributed by atoms with Crippen LogP contribution in [0, 0.1) is 0 Å². The Morgan fingerprint density at radius 1 is 0.309 bits per heavy atom. The fourth-order valence-electron chi connectivity index (χ4n) is 13.9. The number of allylic oxidation sites excluding steroid dienone is 4. The summed E-state index contributed by atoms with van der Waals surface area (Å²) in [7, 11) is -4.39. The maximum absolute atomic E-state index is 12.8. The van der Waals surface area contributed by atoms with Crippen LogP contribution in [-0.4, -0.2) is 49.3 Å². The van der Waals surface area contributed by atoms with Crippen molar-refractivity contribution in [2.24, 2.45) is 5.73 Å². The van der Waals surface area contributed by atoms with Gasteiger partial charge in [0, 0.05) is 19.4 Å². The SMILES string of the molecule is CCCCCCC/C=C\C/C=C\CCCCCCCCCCCCCCCCCCCCCCCCCCCCCC(=O)OC(COC(=O)CCCCCCCCCCCCCCCCCCCCCCCCCCCCCCCCCCCCCCC)COP(=O)(O)OCCN. The van der Waals surface area contributed by atoms with Crippen molar-refractivity contribution in [3.8, 4) is 0 Å². The number of carbonyl (C=O) groups excluding carboxylic acids is 2. The summed E-state index contributed by atoms with van der Waals surface area (Å²) in [5.41, 5.74) is 5.42. The third-order valence-corrected chi connectivity index (χ3v) is 21.3. The molecule has 0 amide bonds. The van der Waals surface area contributed by atoms with Crippen LogP contribution in [0.4, 0.5) is 0 Å². The standard InChI is InChI=1S/C87H170NO8P/c1-3-5-7-9-11-13-15-17-19-21-23-25-27-29-31-33-35-37-39-41-42-44-46-48-50-52-54-56-58-60-62-64-66-68-70-72-74-76-78-80-87(90)96-85(84-95-97(91,92)94-82-81-88)83-93-86(89)79-77-75-73-71-69-67-65-63-61-59-57-55-53-51-49-47-45-43-40-38-36-34-32-30-28-26-24-22-20-18-16-14-12-10-8-6-4-2/h15,17,21,23,85H,3-14,16,18-20,22,24-84,88H2,1-2H3,(H,91,92)/b17-15-,23-21-. The molecule has 2 atom stereocenters. The largest absolute Gasteiger partial charge is 0.472 e. The number of nitrogens with two attached hydrogens (primary N) is 1. The number of hydrogen-bond acceptors (Lipinski definition) is 8. The summed E-state index contributed by atoms with van der Waals surface area (Å²) in [6.45, 7) is 3.84. The van der Waals surface area contributed by atoms with Crippen molar-refractivity contribution in [1.82, 2.24) is 0 Å². The smallest absolute Gasteiger partial charge is 0.462 e. The van der Waals surface area contributed by atoms with Gasteiger partial charge in [0.15, 0.2) is 6.10 Å². The number of rotatable bonds is 85. The molecule has 576 valence electrons. The van der Waals surface area contributed by atoms with Gasteiger partial charge in [-0.05, 0) is 44.9 Å². The predicted octanol–water partition coefficient (Wildman–Crippen LogP) is 29.6. The first-order chi connectivity index (χ1) is 47.8. The highest BCUT2D eigenvalue weighted by molar-refractivity contribution is 7.47. The molecule has 0 aromatic heterocycles. The maximum Gasteiger partial charge on any atom is 0.472 e. The third-order valence-electron chi connectivity index (χ3n) is 20.3. The molecule has 0 aromatic rings. The number of hydrogen-bond donors (Lipinski definition) is 2. The van der Waals surface area contributed by atoms with Gasteiger partial charge in [-0.1, -0.05) is 456 Å². The molecule has 2 unspecified atom stereocenters. The van der Waals surface area contributed by atoms with Crippen molar-refractivity contribution < 1.29 is 37.6 Å². The summed E-state index contributed by atoms with van der Waals surface area (Å²) < 4.78 is 33.3. The molecule has 0 saturated carbocycles. The van der Waals surface area contributed by atoms with Crippen LogP contribution in [0.2, 0.25) is 0 Å². The summed E-state index contributed by atoms with van der Waals surface area (Å²) in [5, 5.41) is 0. The summed E-state index contributed by atoms with van der Waals surface area (Å²) in [6, 6.07) is 0. The first kappa shape index (κ1) is 95.5. The first-order valence-electron chi connectivity index (χ1n) is 43.8. The van der Waals surface area contributed by atoms with E-state index in [4.69, 9.17) is 24.3 Å². The van der Waals surface area contributed by atoms with Crippen LogP contribution < -0.4 is 5.73 Å². The van der Waals surface area contributed by atoms with Crippen LogP contribution >= 0.6 is 7.82 Å². The molecule has 0 fully saturated rings. The number of ether oxygens (including phenoxy) is 2. The molecule has 0 aliphatic rings. The average Bonchev–Trinajstić information content (AvgIpc) is 2.88. The fraction of sp³-hybridized carbons (Fsp3) is 0.931. The van der Waals surface area contributed by atoms with Crippen LogP contribution in [0.25, 0.3) is 0 Å². The summed E-state index contributed by atoms with van der Waals surface area (Å²) >= 11 is 0. The van der Waals surface area contributed by atoms with E-state index in [-0.39, 0.29) is 38.6 Å². The molecule has 0 aromatic carbocycles. The van der Waals surface area contributed by atoms with E-state index in [1.807, 2.05) is 0 Å². The van der Waals surface area contributed by atoms with Crippen LogP contribution in [-0.2, 0) is 32.7 Å². The highest BCUT2D eigenvalue weighted by Crippen LogP contribution is 2.43. The topological polar surface area (TPSA) is 134 Å². The minimum absolute atomic E-state index is 0.0579. The van der Waals surface area contributed by atoms with Crippen molar-refractivity contribution >= 4 is 19.8 Å². The zero-order valence-electron chi connectivity index (χ0n) is 65.4. The van der Waals surface area contributed by atoms with Crippen molar-refractivity contribution in [2.75, 3.05) is 26.4 Å². The minimum atomic E-state index is -4.39. The van der Waals surface area contributed by atoms with Crippen LogP contribution in [0.5, 0.6) is 0 Å². The Bertz CT molecular complexity index is 1640. The van der Waals surface area contributed by atoms with Crippen molar-refractivity contribution in [3.05, 3.63) is 24.3 Å². The van der Waals surface area contributed by atoms with E-state index in [0.29, 0.717) is 6.42 Å². The van der Waals surface area contributed by atoms with E-state index in [2.05, 4.69) is 38.2 Å². The molecule has 0 rings (SSSR count). The number of unbranched alkanes of at least 4 members (excludes halogenated alkanes) is 68. The molecule has 0 heterocycles. The number of esters is 2. The van der Waals surface area contributed by atoms with Crippen LogP contribution in [0.1, 0.15) is 489 Å². The quantitative estimate of drug-likeness (QED) is 0.0264. The lowest BCUT2D eigenvalue weighted by Gasteiger charge is -2.19. The molecule has 0 aliphatic heterocycles. The van der Waals surface area contributed by atoms with Gasteiger partial charge in [-0.3, -0.25) is 18.6 Å². The van der Waals surface area contributed by atoms with Crippen molar-refractivity contribution in [3.63, 3.8) is 0 Å². The van der Waals surface area contributed by atoms with Gasteiger partial charge in [0.1, 0.15) is 6.61 Å². The number of phosphoric acid groups is 1. The van der Waals surface area contributed by atoms with Gasteiger partial charge in [-0.25, -0.2) is 4.57 Å². The Hall–Kier alpha value is -1.51. The molecule has 9 nitrogen and oxygen atoms in total. The Labute approximate surface area is 605 Å². The van der Waals surface area contributed by atoms with Gasteiger partial charge in [-0.2, -0.15) is 0 Å². The van der Waals surface area contributed by atoms with Gasteiger partial charge in [0.05, 0.1) is 13.2 Å². The number of phosphoric ester groups is 1. The maximum atomic E-state index is 12.8.